The molecule has 0 amide bonds. The van der Waals surface area contributed by atoms with Crippen molar-refractivity contribution in [3.63, 3.8) is 0 Å². The molecule has 2 rings (SSSR count). The standard InChI is InChI=1S/C15H23N3O3S/c1-4-6-9-21-12-7-8-13-14(10-12)22(19,20)18-15(17-13)16-11(3)5-2/h7-8,10-11H,4-6,9H2,1-3H3,(H2,16,17,18). The average molecular weight is 325 g/mol. The van der Waals surface area contributed by atoms with Gasteiger partial charge < -0.3 is 10.1 Å². The first-order chi connectivity index (χ1) is 10.5. The molecule has 1 atom stereocenters. The van der Waals surface area contributed by atoms with Crippen LogP contribution in [0.3, 0.4) is 0 Å². The number of nitrogens with zero attached hydrogens (tertiary/aromatic N) is 1. The summed E-state index contributed by atoms with van der Waals surface area (Å²) in [4.78, 5) is 4.50. The summed E-state index contributed by atoms with van der Waals surface area (Å²) in [5.74, 6) is 0.822. The highest BCUT2D eigenvalue weighted by molar-refractivity contribution is 7.90. The third kappa shape index (κ3) is 3.91. The van der Waals surface area contributed by atoms with Gasteiger partial charge in [0.2, 0.25) is 5.96 Å². The minimum atomic E-state index is -3.62. The maximum absolute atomic E-state index is 12.3. The van der Waals surface area contributed by atoms with Crippen LogP contribution in [0.2, 0.25) is 0 Å². The molecule has 1 aromatic rings. The van der Waals surface area contributed by atoms with E-state index < -0.39 is 10.0 Å². The van der Waals surface area contributed by atoms with Crippen molar-refractivity contribution in [1.82, 2.24) is 4.72 Å². The normalized spacial score (nSPS) is 19.0. The number of hydrogen-bond acceptors (Lipinski definition) is 4. The van der Waals surface area contributed by atoms with E-state index in [0.717, 1.165) is 19.3 Å². The Morgan fingerprint density at radius 2 is 2.09 bits per heavy atom. The van der Waals surface area contributed by atoms with Crippen molar-refractivity contribution in [3.8, 4) is 5.75 Å². The van der Waals surface area contributed by atoms with Crippen molar-refractivity contribution in [2.24, 2.45) is 4.99 Å². The molecule has 1 aliphatic rings. The largest absolute Gasteiger partial charge is 0.494 e. The monoisotopic (exact) mass is 325 g/mol. The van der Waals surface area contributed by atoms with Crippen LogP contribution in [0.25, 0.3) is 0 Å². The maximum Gasteiger partial charge on any atom is 0.266 e. The minimum absolute atomic E-state index is 0.0448. The number of nitrogens with one attached hydrogen (secondary N) is 2. The van der Waals surface area contributed by atoms with Gasteiger partial charge in [0.05, 0.1) is 18.3 Å². The lowest BCUT2D eigenvalue weighted by Gasteiger charge is -2.23. The number of rotatable bonds is 6. The van der Waals surface area contributed by atoms with Crippen molar-refractivity contribution in [3.05, 3.63) is 18.2 Å². The highest BCUT2D eigenvalue weighted by Crippen LogP contribution is 2.29. The van der Waals surface area contributed by atoms with E-state index in [2.05, 4.69) is 22.0 Å². The second-order valence-corrected chi connectivity index (χ2v) is 6.98. The van der Waals surface area contributed by atoms with Crippen LogP contribution in [-0.2, 0) is 10.0 Å². The van der Waals surface area contributed by atoms with Gasteiger partial charge in [0.25, 0.3) is 10.0 Å². The summed E-state index contributed by atoms with van der Waals surface area (Å²) in [7, 11) is -3.62. The van der Waals surface area contributed by atoms with Crippen molar-refractivity contribution < 1.29 is 13.2 Å². The highest BCUT2D eigenvalue weighted by atomic mass is 32.2. The first-order valence-corrected chi connectivity index (χ1v) is 9.09. The van der Waals surface area contributed by atoms with Gasteiger partial charge in [-0.2, -0.15) is 0 Å². The van der Waals surface area contributed by atoms with Crippen LogP contribution in [0.4, 0.5) is 5.69 Å². The van der Waals surface area contributed by atoms with E-state index in [1.54, 1.807) is 18.2 Å². The Balaban J connectivity index is 2.26. The van der Waals surface area contributed by atoms with Gasteiger partial charge in [-0.1, -0.05) is 20.3 Å². The van der Waals surface area contributed by atoms with Crippen LogP contribution >= 0.6 is 0 Å². The molecule has 1 aromatic carbocycles. The van der Waals surface area contributed by atoms with E-state index in [0.29, 0.717) is 18.0 Å². The number of aliphatic imine (C=N–C) groups is 1. The molecule has 1 aliphatic heterocycles. The summed E-state index contributed by atoms with van der Waals surface area (Å²) >= 11 is 0. The van der Waals surface area contributed by atoms with Crippen LogP contribution < -0.4 is 14.8 Å². The summed E-state index contributed by atoms with van der Waals surface area (Å²) < 4.78 is 32.7. The molecule has 0 bridgehead atoms. The third-order valence-corrected chi connectivity index (χ3v) is 4.81. The SMILES string of the molecule is CCCCOc1ccc2c(c1)S(=O)(=O)NC(=NC(C)CC)N2. The van der Waals surface area contributed by atoms with E-state index in [1.165, 1.54) is 0 Å². The predicted molar refractivity (Wildman–Crippen MR) is 88.0 cm³/mol. The van der Waals surface area contributed by atoms with Gasteiger partial charge >= 0.3 is 0 Å². The molecule has 0 aliphatic carbocycles. The Morgan fingerprint density at radius 3 is 2.77 bits per heavy atom. The quantitative estimate of drug-likeness (QED) is 0.788. The van der Waals surface area contributed by atoms with E-state index in [-0.39, 0.29) is 16.9 Å². The molecule has 0 spiro atoms. The molecule has 7 heteroatoms. The topological polar surface area (TPSA) is 79.8 Å². The highest BCUT2D eigenvalue weighted by Gasteiger charge is 2.27. The first-order valence-electron chi connectivity index (χ1n) is 7.60. The van der Waals surface area contributed by atoms with Crippen LogP contribution in [0.5, 0.6) is 5.75 Å². The number of fused-ring (bicyclic) bond motifs is 1. The second kappa shape index (κ2) is 7.00. The van der Waals surface area contributed by atoms with Crippen LogP contribution in [-0.4, -0.2) is 27.0 Å². The number of benzene rings is 1. The number of guanidine groups is 1. The van der Waals surface area contributed by atoms with E-state index in [4.69, 9.17) is 4.74 Å². The molecule has 1 unspecified atom stereocenters. The zero-order valence-electron chi connectivity index (χ0n) is 13.2. The van der Waals surface area contributed by atoms with E-state index in [9.17, 15) is 8.42 Å². The maximum atomic E-state index is 12.3. The van der Waals surface area contributed by atoms with Gasteiger partial charge in [-0.25, -0.2) is 18.1 Å². The van der Waals surface area contributed by atoms with Crippen LogP contribution in [0.15, 0.2) is 28.1 Å². The Labute approximate surface area is 132 Å². The fraction of sp³-hybridized carbons (Fsp3) is 0.533. The number of unbranched alkanes of at least 4 members (excludes halogenated alkanes) is 1. The lowest BCUT2D eigenvalue weighted by atomic mass is 10.3. The summed E-state index contributed by atoms with van der Waals surface area (Å²) in [5, 5.41) is 3.02. The van der Waals surface area contributed by atoms with Gasteiger partial charge in [-0.3, -0.25) is 0 Å². The molecule has 0 fully saturated rings. The molecular weight excluding hydrogens is 302 g/mol. The molecule has 1 heterocycles. The summed E-state index contributed by atoms with van der Waals surface area (Å²) in [5.41, 5.74) is 0.517. The average Bonchev–Trinajstić information content (AvgIpc) is 2.47. The Bertz CT molecular complexity index is 656. The van der Waals surface area contributed by atoms with Gasteiger partial charge in [-0.05, 0) is 31.9 Å². The summed E-state index contributed by atoms with van der Waals surface area (Å²) in [6, 6.07) is 5.06. The van der Waals surface area contributed by atoms with E-state index >= 15 is 0 Å². The van der Waals surface area contributed by atoms with Crippen LogP contribution in [0, 0.1) is 0 Å². The van der Waals surface area contributed by atoms with Crippen molar-refractivity contribution in [2.45, 2.75) is 51.0 Å². The van der Waals surface area contributed by atoms with Gasteiger partial charge in [0, 0.05) is 6.07 Å². The van der Waals surface area contributed by atoms with Gasteiger partial charge in [-0.15, -0.1) is 0 Å². The van der Waals surface area contributed by atoms with Crippen molar-refractivity contribution >= 4 is 21.7 Å². The Hall–Kier alpha value is -1.76. The van der Waals surface area contributed by atoms with Crippen LogP contribution in [0.1, 0.15) is 40.0 Å². The predicted octanol–water partition coefficient (Wildman–Crippen LogP) is 2.72. The minimum Gasteiger partial charge on any atom is -0.494 e. The molecule has 0 radical (unpaired) electrons. The molecule has 6 nitrogen and oxygen atoms in total. The number of ether oxygens (including phenoxy) is 1. The van der Waals surface area contributed by atoms with Crippen molar-refractivity contribution in [1.29, 1.82) is 0 Å². The molecule has 0 saturated carbocycles. The van der Waals surface area contributed by atoms with Crippen molar-refractivity contribution in [2.75, 3.05) is 11.9 Å². The lowest BCUT2D eigenvalue weighted by Crippen LogP contribution is -2.41. The smallest absolute Gasteiger partial charge is 0.266 e. The molecular formula is C15H23N3O3S. The Morgan fingerprint density at radius 1 is 1.32 bits per heavy atom. The van der Waals surface area contributed by atoms with Gasteiger partial charge in [0.1, 0.15) is 10.6 Å². The number of sulfonamides is 1. The summed E-state index contributed by atoms with van der Waals surface area (Å²) in [6.45, 7) is 6.59. The fourth-order valence-electron chi connectivity index (χ4n) is 1.96. The van der Waals surface area contributed by atoms with E-state index in [1.807, 2.05) is 13.8 Å². The zero-order chi connectivity index (χ0) is 16.2. The molecule has 0 aromatic heterocycles. The fourth-order valence-corrected chi connectivity index (χ4v) is 3.11. The molecule has 0 saturated heterocycles. The zero-order valence-corrected chi connectivity index (χ0v) is 14.0. The molecule has 22 heavy (non-hydrogen) atoms. The van der Waals surface area contributed by atoms with Gasteiger partial charge in [0.15, 0.2) is 0 Å². The summed E-state index contributed by atoms with van der Waals surface area (Å²) in [6.07, 6.45) is 2.80. The molecule has 2 N–H and O–H groups in total. The first kappa shape index (κ1) is 16.6. The second-order valence-electron chi connectivity index (χ2n) is 5.33. The Kier molecular flexibility index (Phi) is 5.28. The number of anilines is 1. The molecule has 122 valence electrons. The third-order valence-electron chi connectivity index (χ3n) is 3.43. The lowest BCUT2D eigenvalue weighted by molar-refractivity contribution is 0.308. The number of hydrogen-bond donors (Lipinski definition) is 2.